The van der Waals surface area contributed by atoms with E-state index >= 15 is 0 Å². The molecular formula is C17H18FNO4S. The molecule has 0 aliphatic rings. The molecule has 0 spiro atoms. The van der Waals surface area contributed by atoms with Gasteiger partial charge in [0.1, 0.15) is 11.6 Å². The van der Waals surface area contributed by atoms with Crippen LogP contribution in [-0.2, 0) is 14.6 Å². The highest BCUT2D eigenvalue weighted by atomic mass is 32.2. The van der Waals surface area contributed by atoms with Crippen molar-refractivity contribution in [2.45, 2.75) is 18.7 Å². The predicted octanol–water partition coefficient (Wildman–Crippen LogP) is 2.86. The lowest BCUT2D eigenvalue weighted by molar-refractivity contribution is -0.118. The summed E-state index contributed by atoms with van der Waals surface area (Å²) in [4.78, 5) is 11.9. The quantitative estimate of drug-likeness (QED) is 0.841. The molecule has 0 heterocycles. The second kappa shape index (κ2) is 7.00. The van der Waals surface area contributed by atoms with Gasteiger partial charge in [0.25, 0.3) is 5.91 Å². The maximum atomic E-state index is 13.7. The molecule has 5 nitrogen and oxygen atoms in total. The third kappa shape index (κ3) is 4.55. The van der Waals surface area contributed by atoms with Crippen molar-refractivity contribution in [1.29, 1.82) is 0 Å². The van der Waals surface area contributed by atoms with Gasteiger partial charge in [-0.1, -0.05) is 12.1 Å². The van der Waals surface area contributed by atoms with Gasteiger partial charge in [-0.2, -0.15) is 0 Å². The first-order valence-electron chi connectivity index (χ1n) is 7.16. The SMILES string of the molecule is Cc1ccc(C)c(OCC(=O)Nc2cc(S(C)(=O)=O)ccc2F)c1. The first kappa shape index (κ1) is 17.9. The van der Waals surface area contributed by atoms with E-state index in [2.05, 4.69) is 5.32 Å². The van der Waals surface area contributed by atoms with E-state index in [9.17, 15) is 17.6 Å². The Morgan fingerprint density at radius 2 is 1.88 bits per heavy atom. The standard InChI is InChI=1S/C17H18FNO4S/c1-11-4-5-12(2)16(8-11)23-10-17(20)19-15-9-13(24(3,21)22)6-7-14(15)18/h4-9H,10H2,1-3H3,(H,19,20). The molecule has 0 bridgehead atoms. The highest BCUT2D eigenvalue weighted by molar-refractivity contribution is 7.90. The van der Waals surface area contributed by atoms with E-state index in [4.69, 9.17) is 4.74 Å². The van der Waals surface area contributed by atoms with Crippen molar-refractivity contribution in [2.75, 3.05) is 18.2 Å². The molecule has 2 aromatic carbocycles. The number of carbonyl (C=O) groups excluding carboxylic acids is 1. The van der Waals surface area contributed by atoms with E-state index in [-0.39, 0.29) is 17.2 Å². The Bertz CT molecular complexity index is 878. The molecule has 2 rings (SSSR count). The lowest BCUT2D eigenvalue weighted by Crippen LogP contribution is -2.21. The molecule has 128 valence electrons. The number of sulfone groups is 1. The highest BCUT2D eigenvalue weighted by Gasteiger charge is 2.13. The minimum Gasteiger partial charge on any atom is -0.483 e. The Morgan fingerprint density at radius 3 is 2.54 bits per heavy atom. The molecule has 0 aliphatic heterocycles. The summed E-state index contributed by atoms with van der Waals surface area (Å²) in [6.45, 7) is 3.44. The number of benzene rings is 2. The summed E-state index contributed by atoms with van der Waals surface area (Å²) in [6, 6.07) is 8.82. The first-order chi connectivity index (χ1) is 11.2. The van der Waals surface area contributed by atoms with Gasteiger partial charge in [-0.15, -0.1) is 0 Å². The zero-order valence-electron chi connectivity index (χ0n) is 13.6. The topological polar surface area (TPSA) is 72.5 Å². The molecule has 0 saturated heterocycles. The molecule has 1 N–H and O–H groups in total. The van der Waals surface area contributed by atoms with Crippen LogP contribution in [-0.4, -0.2) is 27.2 Å². The van der Waals surface area contributed by atoms with Gasteiger partial charge >= 0.3 is 0 Å². The Morgan fingerprint density at radius 1 is 1.17 bits per heavy atom. The van der Waals surface area contributed by atoms with Crippen LogP contribution in [0.4, 0.5) is 10.1 Å². The molecule has 0 saturated carbocycles. The third-order valence-corrected chi connectivity index (χ3v) is 4.45. The number of hydrogen-bond donors (Lipinski definition) is 1. The number of ether oxygens (including phenoxy) is 1. The minimum atomic E-state index is -3.49. The fourth-order valence-corrected chi connectivity index (χ4v) is 2.67. The van der Waals surface area contributed by atoms with E-state index in [1.54, 1.807) is 6.07 Å². The first-order valence-corrected chi connectivity index (χ1v) is 9.05. The lowest BCUT2D eigenvalue weighted by Gasteiger charge is -2.11. The van der Waals surface area contributed by atoms with Crippen molar-refractivity contribution in [3.63, 3.8) is 0 Å². The molecule has 7 heteroatoms. The fraction of sp³-hybridized carbons (Fsp3) is 0.235. The van der Waals surface area contributed by atoms with E-state index in [0.717, 1.165) is 35.6 Å². The second-order valence-electron chi connectivity index (χ2n) is 5.52. The Balaban J connectivity index is 2.09. The number of aryl methyl sites for hydroxylation is 2. The van der Waals surface area contributed by atoms with Crippen LogP contribution in [0, 0.1) is 19.7 Å². The van der Waals surface area contributed by atoms with Crippen molar-refractivity contribution >= 4 is 21.4 Å². The number of amides is 1. The number of carbonyl (C=O) groups is 1. The fourth-order valence-electron chi connectivity index (χ4n) is 2.02. The predicted molar refractivity (Wildman–Crippen MR) is 89.6 cm³/mol. The van der Waals surface area contributed by atoms with E-state index in [1.807, 2.05) is 26.0 Å². The molecule has 0 fully saturated rings. The Hall–Kier alpha value is -2.41. The van der Waals surface area contributed by atoms with Gasteiger partial charge in [0.05, 0.1) is 10.6 Å². The summed E-state index contributed by atoms with van der Waals surface area (Å²) < 4.78 is 42.2. The summed E-state index contributed by atoms with van der Waals surface area (Å²) >= 11 is 0. The van der Waals surface area contributed by atoms with Gasteiger partial charge in [0, 0.05) is 6.26 Å². The molecule has 0 radical (unpaired) electrons. The van der Waals surface area contributed by atoms with Crippen molar-refractivity contribution in [3.8, 4) is 5.75 Å². The number of rotatable bonds is 5. The molecular weight excluding hydrogens is 333 g/mol. The Kier molecular flexibility index (Phi) is 5.23. The zero-order chi connectivity index (χ0) is 17.9. The van der Waals surface area contributed by atoms with E-state index in [1.165, 1.54) is 0 Å². The third-order valence-electron chi connectivity index (χ3n) is 3.34. The van der Waals surface area contributed by atoms with Crippen LogP contribution < -0.4 is 10.1 Å². The van der Waals surface area contributed by atoms with Crippen LogP contribution in [0.3, 0.4) is 0 Å². The second-order valence-corrected chi connectivity index (χ2v) is 7.54. The van der Waals surface area contributed by atoms with Gasteiger partial charge in [0.15, 0.2) is 16.4 Å². The minimum absolute atomic E-state index is 0.0744. The van der Waals surface area contributed by atoms with Crippen LogP contribution in [0.5, 0.6) is 5.75 Å². The van der Waals surface area contributed by atoms with Crippen LogP contribution in [0.2, 0.25) is 0 Å². The van der Waals surface area contributed by atoms with Gasteiger partial charge in [-0.25, -0.2) is 12.8 Å². The molecule has 0 atom stereocenters. The molecule has 24 heavy (non-hydrogen) atoms. The largest absolute Gasteiger partial charge is 0.483 e. The number of anilines is 1. The molecule has 0 aromatic heterocycles. The van der Waals surface area contributed by atoms with Crippen molar-refractivity contribution in [3.05, 3.63) is 53.3 Å². The van der Waals surface area contributed by atoms with Gasteiger partial charge in [-0.05, 0) is 49.2 Å². The van der Waals surface area contributed by atoms with Gasteiger partial charge in [-0.3, -0.25) is 4.79 Å². The van der Waals surface area contributed by atoms with Crippen LogP contribution >= 0.6 is 0 Å². The summed E-state index contributed by atoms with van der Waals surface area (Å²) in [6.07, 6.45) is 1.01. The summed E-state index contributed by atoms with van der Waals surface area (Å²) in [5, 5.41) is 2.32. The maximum Gasteiger partial charge on any atom is 0.262 e. The van der Waals surface area contributed by atoms with Crippen molar-refractivity contribution in [2.24, 2.45) is 0 Å². The van der Waals surface area contributed by atoms with Crippen molar-refractivity contribution < 1.29 is 22.3 Å². The maximum absolute atomic E-state index is 13.7. The van der Waals surface area contributed by atoms with Crippen LogP contribution in [0.25, 0.3) is 0 Å². The average molecular weight is 351 g/mol. The molecule has 1 amide bonds. The summed E-state index contributed by atoms with van der Waals surface area (Å²) in [5.41, 5.74) is 1.66. The van der Waals surface area contributed by atoms with Gasteiger partial charge in [0.2, 0.25) is 0 Å². The summed E-state index contributed by atoms with van der Waals surface area (Å²) in [5.74, 6) is -0.738. The molecule has 2 aromatic rings. The van der Waals surface area contributed by atoms with Crippen LogP contribution in [0.1, 0.15) is 11.1 Å². The van der Waals surface area contributed by atoms with E-state index < -0.39 is 21.6 Å². The monoisotopic (exact) mass is 351 g/mol. The number of hydrogen-bond acceptors (Lipinski definition) is 4. The smallest absolute Gasteiger partial charge is 0.262 e. The number of nitrogens with one attached hydrogen (secondary N) is 1. The van der Waals surface area contributed by atoms with Crippen LogP contribution in [0.15, 0.2) is 41.3 Å². The molecule has 0 aliphatic carbocycles. The lowest BCUT2D eigenvalue weighted by atomic mass is 10.1. The van der Waals surface area contributed by atoms with Crippen molar-refractivity contribution in [1.82, 2.24) is 0 Å². The Labute approximate surface area is 140 Å². The summed E-state index contributed by atoms with van der Waals surface area (Å²) in [7, 11) is -3.49. The van der Waals surface area contributed by atoms with E-state index in [0.29, 0.717) is 5.75 Å². The van der Waals surface area contributed by atoms with Gasteiger partial charge < -0.3 is 10.1 Å². The highest BCUT2D eigenvalue weighted by Crippen LogP contribution is 2.21. The molecule has 0 unspecified atom stereocenters. The number of halogens is 1. The average Bonchev–Trinajstić information content (AvgIpc) is 2.49. The normalized spacial score (nSPS) is 11.2. The zero-order valence-corrected chi connectivity index (χ0v) is 14.4.